The fourth-order valence-corrected chi connectivity index (χ4v) is 4.44. The molecule has 0 bridgehead atoms. The van der Waals surface area contributed by atoms with E-state index in [9.17, 15) is 18.0 Å². The number of aryl methyl sites for hydroxylation is 2. The summed E-state index contributed by atoms with van der Waals surface area (Å²) in [6, 6.07) is 8.23. The predicted octanol–water partition coefficient (Wildman–Crippen LogP) is 4.40. The highest BCUT2D eigenvalue weighted by Crippen LogP contribution is 2.34. The molecule has 0 amide bonds. The summed E-state index contributed by atoms with van der Waals surface area (Å²) in [4.78, 5) is 15.3. The van der Waals surface area contributed by atoms with Crippen molar-refractivity contribution in [1.29, 1.82) is 0 Å². The monoisotopic (exact) mass is 418 g/mol. The lowest BCUT2D eigenvalue weighted by Gasteiger charge is -2.37. The first kappa shape index (κ1) is 20.7. The first-order valence-electron chi connectivity index (χ1n) is 10.1. The molecule has 30 heavy (non-hydrogen) atoms. The molecule has 1 N–H and O–H groups in total. The topological polar surface area (TPSA) is 43.8 Å². The summed E-state index contributed by atoms with van der Waals surface area (Å²) in [5.74, 6) is -1.02. The van der Waals surface area contributed by atoms with Crippen LogP contribution in [0.5, 0.6) is 0 Å². The number of benzene rings is 2. The molecule has 4 nitrogen and oxygen atoms in total. The first-order chi connectivity index (χ1) is 14.1. The van der Waals surface area contributed by atoms with E-state index >= 15 is 0 Å². The molecule has 2 aliphatic rings. The maximum atomic E-state index is 13.1. The van der Waals surface area contributed by atoms with Crippen LogP contribution < -0.4 is 4.90 Å². The number of anilines is 1. The van der Waals surface area contributed by atoms with Gasteiger partial charge in [-0.05, 0) is 72.4 Å². The molecule has 0 radical (unpaired) electrons. The fraction of sp³-hybridized carbons (Fsp3) is 0.435. The SMILES string of the molecule is Cc1cc(N2CCc3ccc(C(F)(F)F)cc3C2)cc(C)c1CN1CC(C(=O)O)C1. The average molecular weight is 418 g/mol. The van der Waals surface area contributed by atoms with E-state index in [1.54, 1.807) is 6.07 Å². The van der Waals surface area contributed by atoms with Crippen molar-refractivity contribution in [3.63, 3.8) is 0 Å². The van der Waals surface area contributed by atoms with Crippen LogP contribution in [0.15, 0.2) is 30.3 Å². The van der Waals surface area contributed by atoms with E-state index in [4.69, 9.17) is 5.11 Å². The largest absolute Gasteiger partial charge is 0.481 e. The Morgan fingerprint density at radius 1 is 1.10 bits per heavy atom. The Morgan fingerprint density at radius 3 is 2.37 bits per heavy atom. The van der Waals surface area contributed by atoms with Gasteiger partial charge in [0, 0.05) is 38.4 Å². The molecular formula is C23H25F3N2O2. The molecule has 0 spiro atoms. The van der Waals surface area contributed by atoms with Gasteiger partial charge in [0.05, 0.1) is 11.5 Å². The van der Waals surface area contributed by atoms with Gasteiger partial charge < -0.3 is 10.0 Å². The van der Waals surface area contributed by atoms with Crippen LogP contribution in [-0.2, 0) is 30.5 Å². The zero-order valence-corrected chi connectivity index (χ0v) is 17.1. The number of rotatable bonds is 4. The Labute approximate surface area is 173 Å². The Balaban J connectivity index is 1.51. The third-order valence-electron chi connectivity index (χ3n) is 6.28. The van der Waals surface area contributed by atoms with Gasteiger partial charge in [0.2, 0.25) is 0 Å². The molecule has 2 aromatic rings. The second-order valence-electron chi connectivity index (χ2n) is 8.44. The maximum Gasteiger partial charge on any atom is 0.416 e. The number of carboxylic acid groups (broad SMARTS) is 1. The van der Waals surface area contributed by atoms with Crippen molar-refractivity contribution in [3.05, 3.63) is 63.7 Å². The number of aliphatic carboxylic acids is 1. The Morgan fingerprint density at radius 2 is 1.77 bits per heavy atom. The van der Waals surface area contributed by atoms with Gasteiger partial charge in [-0.2, -0.15) is 13.2 Å². The van der Waals surface area contributed by atoms with E-state index in [-0.39, 0.29) is 5.92 Å². The molecule has 0 unspecified atom stereocenters. The van der Waals surface area contributed by atoms with Crippen molar-refractivity contribution < 1.29 is 23.1 Å². The fourth-order valence-electron chi connectivity index (χ4n) is 4.44. The van der Waals surface area contributed by atoms with E-state index in [0.29, 0.717) is 19.6 Å². The molecule has 0 aromatic heterocycles. The Bertz CT molecular complexity index is 958. The molecule has 2 aliphatic heterocycles. The summed E-state index contributed by atoms with van der Waals surface area (Å²) in [5.41, 5.74) is 5.58. The van der Waals surface area contributed by atoms with Crippen molar-refractivity contribution in [3.8, 4) is 0 Å². The molecule has 160 valence electrons. The van der Waals surface area contributed by atoms with Gasteiger partial charge in [-0.3, -0.25) is 9.69 Å². The minimum atomic E-state index is -4.33. The van der Waals surface area contributed by atoms with Gasteiger partial charge in [0.25, 0.3) is 0 Å². The first-order valence-corrected chi connectivity index (χ1v) is 10.1. The van der Waals surface area contributed by atoms with Crippen LogP contribution in [0.25, 0.3) is 0 Å². The van der Waals surface area contributed by atoms with Crippen LogP contribution in [0.4, 0.5) is 18.9 Å². The summed E-state index contributed by atoms with van der Waals surface area (Å²) in [7, 11) is 0. The average Bonchev–Trinajstić information content (AvgIpc) is 2.63. The van der Waals surface area contributed by atoms with Gasteiger partial charge >= 0.3 is 12.1 Å². The third kappa shape index (κ3) is 4.03. The minimum absolute atomic E-state index is 0.278. The van der Waals surface area contributed by atoms with Gasteiger partial charge in [0.1, 0.15) is 0 Å². The highest BCUT2D eigenvalue weighted by Gasteiger charge is 2.33. The molecular weight excluding hydrogens is 393 g/mol. The molecule has 7 heteroatoms. The lowest BCUT2D eigenvalue weighted by atomic mass is 9.94. The Kier molecular flexibility index (Phi) is 5.26. The lowest BCUT2D eigenvalue weighted by Crippen LogP contribution is -2.49. The van der Waals surface area contributed by atoms with Crippen molar-refractivity contribution in [2.75, 3.05) is 24.5 Å². The number of likely N-dealkylation sites (tertiary alicyclic amines) is 1. The molecule has 2 heterocycles. The van der Waals surface area contributed by atoms with Crippen molar-refractivity contribution in [2.24, 2.45) is 5.92 Å². The van der Waals surface area contributed by atoms with Crippen LogP contribution in [0.1, 0.15) is 33.4 Å². The minimum Gasteiger partial charge on any atom is -0.481 e. The van der Waals surface area contributed by atoms with Crippen LogP contribution in [0.3, 0.4) is 0 Å². The van der Waals surface area contributed by atoms with Crippen LogP contribution in [-0.4, -0.2) is 35.6 Å². The van der Waals surface area contributed by atoms with E-state index < -0.39 is 17.7 Å². The van der Waals surface area contributed by atoms with Crippen molar-refractivity contribution in [1.82, 2.24) is 4.90 Å². The highest BCUT2D eigenvalue weighted by molar-refractivity contribution is 5.71. The number of carbonyl (C=O) groups is 1. The quantitative estimate of drug-likeness (QED) is 0.799. The molecule has 1 saturated heterocycles. The zero-order chi connectivity index (χ0) is 21.6. The highest BCUT2D eigenvalue weighted by atomic mass is 19.4. The number of hydrogen-bond acceptors (Lipinski definition) is 3. The second-order valence-corrected chi connectivity index (χ2v) is 8.44. The summed E-state index contributed by atoms with van der Waals surface area (Å²) >= 11 is 0. The standard InChI is InChI=1S/C23H25F3N2O2/c1-14-7-20(8-15(2)21(14)13-27-10-18(11-27)22(29)30)28-6-5-16-3-4-19(23(24,25)26)9-17(16)12-28/h3-4,7-9,18H,5-6,10-13H2,1-2H3,(H,29,30). The van der Waals surface area contributed by atoms with Gasteiger partial charge in [0.15, 0.2) is 0 Å². The van der Waals surface area contributed by atoms with Gasteiger partial charge in [-0.25, -0.2) is 0 Å². The van der Waals surface area contributed by atoms with Crippen LogP contribution in [0.2, 0.25) is 0 Å². The second kappa shape index (κ2) is 7.61. The maximum absolute atomic E-state index is 13.1. The molecule has 1 fully saturated rings. The van der Waals surface area contributed by atoms with Gasteiger partial charge in [-0.1, -0.05) is 6.07 Å². The number of fused-ring (bicyclic) bond motifs is 1. The van der Waals surface area contributed by atoms with E-state index in [1.165, 1.54) is 17.7 Å². The molecule has 2 aromatic carbocycles. The summed E-state index contributed by atoms with van der Waals surface area (Å²) in [6.07, 6.45) is -3.61. The summed E-state index contributed by atoms with van der Waals surface area (Å²) in [6.45, 7) is 7.17. The van der Waals surface area contributed by atoms with Crippen molar-refractivity contribution in [2.45, 2.75) is 39.5 Å². The zero-order valence-electron chi connectivity index (χ0n) is 17.1. The van der Waals surface area contributed by atoms with Crippen molar-refractivity contribution >= 4 is 11.7 Å². The Hall–Kier alpha value is -2.54. The third-order valence-corrected chi connectivity index (χ3v) is 6.28. The number of nitrogens with zero attached hydrogens (tertiary/aromatic N) is 2. The molecule has 0 atom stereocenters. The number of alkyl halides is 3. The smallest absolute Gasteiger partial charge is 0.416 e. The summed E-state index contributed by atoms with van der Waals surface area (Å²) in [5, 5.41) is 9.04. The van der Waals surface area contributed by atoms with Crippen LogP contribution in [0, 0.1) is 19.8 Å². The van der Waals surface area contributed by atoms with Crippen LogP contribution >= 0.6 is 0 Å². The molecule has 0 aliphatic carbocycles. The van der Waals surface area contributed by atoms with Gasteiger partial charge in [-0.15, -0.1) is 0 Å². The lowest BCUT2D eigenvalue weighted by molar-refractivity contribution is -0.147. The summed E-state index contributed by atoms with van der Waals surface area (Å²) < 4.78 is 39.3. The normalized spacial score (nSPS) is 17.6. The number of hydrogen-bond donors (Lipinski definition) is 1. The number of halogens is 3. The molecule has 0 saturated carbocycles. The van der Waals surface area contributed by atoms with E-state index in [1.807, 2.05) is 13.8 Å². The number of carboxylic acids is 1. The van der Waals surface area contributed by atoms with E-state index in [2.05, 4.69) is 21.9 Å². The van der Waals surface area contributed by atoms with E-state index in [0.717, 1.165) is 47.5 Å². The molecule has 4 rings (SSSR count). The predicted molar refractivity (Wildman–Crippen MR) is 109 cm³/mol.